The van der Waals surface area contributed by atoms with Crippen molar-refractivity contribution in [3.8, 4) is 22.9 Å². The Kier molecular flexibility index (Phi) is 5.96. The first-order valence-corrected chi connectivity index (χ1v) is 10.2. The minimum absolute atomic E-state index is 0.264. The molecule has 0 aliphatic heterocycles. The molecule has 3 aromatic carbocycles. The van der Waals surface area contributed by atoms with Gasteiger partial charge in [-0.25, -0.2) is 0 Å². The molecule has 4 aromatic rings. The highest BCUT2D eigenvalue weighted by Crippen LogP contribution is 2.24. The van der Waals surface area contributed by atoms with Crippen molar-refractivity contribution >= 4 is 6.21 Å². The van der Waals surface area contributed by atoms with Crippen LogP contribution in [0, 0.1) is 25.2 Å². The minimum Gasteiger partial charge on any atom is -0.391 e. The quantitative estimate of drug-likeness (QED) is 0.284. The summed E-state index contributed by atoms with van der Waals surface area (Å²) in [6.07, 6.45) is 1.73. The summed E-state index contributed by atoms with van der Waals surface area (Å²) >= 11 is 0. The molecule has 0 saturated heterocycles. The van der Waals surface area contributed by atoms with Crippen molar-refractivity contribution in [2.24, 2.45) is 5.16 Å². The molecule has 0 fully saturated rings. The second kappa shape index (κ2) is 9.15. The second-order valence-electron chi connectivity index (χ2n) is 7.35. The average Bonchev–Trinajstić information content (AvgIpc) is 3.10. The van der Waals surface area contributed by atoms with Crippen LogP contribution in [0.2, 0.25) is 0 Å². The van der Waals surface area contributed by atoms with Crippen LogP contribution in [0.15, 0.2) is 90.1 Å². The molecule has 0 spiro atoms. The van der Waals surface area contributed by atoms with Gasteiger partial charge in [-0.05, 0) is 49.2 Å². The Hall–Kier alpha value is -4.10. The van der Waals surface area contributed by atoms with Crippen LogP contribution >= 0.6 is 0 Å². The molecule has 0 bridgehead atoms. The molecule has 0 saturated carbocycles. The number of hydrogen-bond donors (Lipinski definition) is 0. The van der Waals surface area contributed by atoms with Gasteiger partial charge in [-0.2, -0.15) is 5.26 Å². The lowest BCUT2D eigenvalue weighted by molar-refractivity contribution is 0.132. The fourth-order valence-electron chi connectivity index (χ4n) is 3.71. The third-order valence-electron chi connectivity index (χ3n) is 5.33. The van der Waals surface area contributed by atoms with Gasteiger partial charge in [0.2, 0.25) is 0 Å². The number of nitrogens with zero attached hydrogens (tertiary/aromatic N) is 3. The van der Waals surface area contributed by atoms with Gasteiger partial charge in [0.05, 0.1) is 17.8 Å². The lowest BCUT2D eigenvalue weighted by atomic mass is 10.1. The van der Waals surface area contributed by atoms with Crippen molar-refractivity contribution in [2.45, 2.75) is 20.5 Å². The smallest absolute Gasteiger partial charge is 0.143 e. The lowest BCUT2D eigenvalue weighted by Crippen LogP contribution is -1.99. The maximum absolute atomic E-state index is 9.17. The monoisotopic (exact) mass is 405 g/mol. The molecule has 0 aliphatic rings. The fourth-order valence-corrected chi connectivity index (χ4v) is 3.71. The molecule has 0 N–H and O–H groups in total. The summed E-state index contributed by atoms with van der Waals surface area (Å²) < 4.78 is 2.21. The highest BCUT2D eigenvalue weighted by atomic mass is 16.6. The van der Waals surface area contributed by atoms with Crippen LogP contribution in [0.5, 0.6) is 0 Å². The van der Waals surface area contributed by atoms with E-state index in [1.54, 1.807) is 12.3 Å². The van der Waals surface area contributed by atoms with Crippen molar-refractivity contribution in [1.82, 2.24) is 4.57 Å². The van der Waals surface area contributed by atoms with Gasteiger partial charge in [0, 0.05) is 28.2 Å². The van der Waals surface area contributed by atoms with Gasteiger partial charge in [0.15, 0.2) is 0 Å². The second-order valence-corrected chi connectivity index (χ2v) is 7.35. The van der Waals surface area contributed by atoms with Gasteiger partial charge in [0.1, 0.15) is 6.61 Å². The van der Waals surface area contributed by atoms with Crippen LogP contribution in [0.1, 0.15) is 28.1 Å². The zero-order chi connectivity index (χ0) is 21.6. The average molecular weight is 406 g/mol. The van der Waals surface area contributed by atoms with Gasteiger partial charge in [-0.1, -0.05) is 65.8 Å². The molecule has 152 valence electrons. The molecule has 4 heteroatoms. The normalized spacial score (nSPS) is 10.9. The highest BCUT2D eigenvalue weighted by molar-refractivity contribution is 5.81. The number of aromatic nitrogens is 1. The molecule has 1 heterocycles. The van der Waals surface area contributed by atoms with Crippen LogP contribution < -0.4 is 0 Å². The number of oxime groups is 1. The van der Waals surface area contributed by atoms with Crippen LogP contribution in [0.3, 0.4) is 0 Å². The van der Waals surface area contributed by atoms with E-state index in [2.05, 4.69) is 84.2 Å². The Morgan fingerprint density at radius 1 is 0.903 bits per heavy atom. The van der Waals surface area contributed by atoms with Gasteiger partial charge < -0.3 is 9.40 Å². The van der Waals surface area contributed by atoms with Crippen molar-refractivity contribution in [3.05, 3.63) is 113 Å². The summed E-state index contributed by atoms with van der Waals surface area (Å²) in [4.78, 5) is 5.45. The number of nitriles is 1. The Morgan fingerprint density at radius 3 is 2.32 bits per heavy atom. The van der Waals surface area contributed by atoms with Gasteiger partial charge in [-0.3, -0.25) is 0 Å². The summed E-state index contributed by atoms with van der Waals surface area (Å²) in [5, 5.41) is 13.3. The summed E-state index contributed by atoms with van der Waals surface area (Å²) in [5.41, 5.74) is 8.16. The van der Waals surface area contributed by atoms with Crippen molar-refractivity contribution in [1.29, 1.82) is 5.26 Å². The summed E-state index contributed by atoms with van der Waals surface area (Å²) in [6.45, 7) is 4.42. The van der Waals surface area contributed by atoms with E-state index in [4.69, 9.17) is 10.1 Å². The molecule has 0 aliphatic carbocycles. The third kappa shape index (κ3) is 4.41. The van der Waals surface area contributed by atoms with E-state index in [0.717, 1.165) is 28.2 Å². The third-order valence-corrected chi connectivity index (χ3v) is 5.33. The summed E-state index contributed by atoms with van der Waals surface area (Å²) in [6, 6.07) is 30.6. The number of benzene rings is 3. The van der Waals surface area contributed by atoms with Crippen LogP contribution in [-0.2, 0) is 11.4 Å². The predicted octanol–water partition coefficient (Wildman–Crippen LogP) is 6.18. The largest absolute Gasteiger partial charge is 0.391 e. The van der Waals surface area contributed by atoms with E-state index in [0.29, 0.717) is 5.56 Å². The maximum atomic E-state index is 9.17. The zero-order valence-electron chi connectivity index (χ0n) is 17.6. The molecule has 0 unspecified atom stereocenters. The predicted molar refractivity (Wildman–Crippen MR) is 124 cm³/mol. The van der Waals surface area contributed by atoms with Gasteiger partial charge in [0.25, 0.3) is 0 Å². The Morgan fingerprint density at radius 2 is 1.58 bits per heavy atom. The van der Waals surface area contributed by atoms with E-state index < -0.39 is 0 Å². The van der Waals surface area contributed by atoms with Gasteiger partial charge in [-0.15, -0.1) is 0 Å². The molecular formula is C27H23N3O. The first-order chi connectivity index (χ1) is 15.2. The van der Waals surface area contributed by atoms with E-state index in [1.807, 2.05) is 24.3 Å². The van der Waals surface area contributed by atoms with Crippen molar-refractivity contribution in [3.63, 3.8) is 0 Å². The Balaban J connectivity index is 1.50. The first-order valence-electron chi connectivity index (χ1n) is 10.2. The summed E-state index contributed by atoms with van der Waals surface area (Å²) in [5.74, 6) is 0. The summed E-state index contributed by atoms with van der Waals surface area (Å²) in [7, 11) is 0. The Bertz CT molecular complexity index is 1250. The number of rotatable bonds is 6. The first kappa shape index (κ1) is 20.2. The van der Waals surface area contributed by atoms with E-state index >= 15 is 0 Å². The van der Waals surface area contributed by atoms with Crippen LogP contribution in [0.25, 0.3) is 16.8 Å². The van der Waals surface area contributed by atoms with Crippen molar-refractivity contribution in [2.75, 3.05) is 0 Å². The Labute approximate surface area is 182 Å². The minimum atomic E-state index is 0.264. The molecule has 0 atom stereocenters. The number of aryl methyl sites for hydroxylation is 1. The van der Waals surface area contributed by atoms with Crippen molar-refractivity contribution < 1.29 is 4.84 Å². The highest BCUT2D eigenvalue weighted by Gasteiger charge is 2.10. The van der Waals surface area contributed by atoms with Crippen LogP contribution in [-0.4, -0.2) is 10.8 Å². The zero-order valence-corrected chi connectivity index (χ0v) is 17.6. The molecular weight excluding hydrogens is 382 g/mol. The lowest BCUT2D eigenvalue weighted by Gasteiger charge is -2.11. The molecule has 4 rings (SSSR count). The topological polar surface area (TPSA) is 50.3 Å². The SMILES string of the molecule is Cc1cc(/C=N/OCc2ccccc2C#N)c(C)n1-c1ccc(-c2ccccc2)cc1. The van der Waals surface area contributed by atoms with E-state index in [-0.39, 0.29) is 6.61 Å². The van der Waals surface area contributed by atoms with E-state index in [1.165, 1.54) is 11.1 Å². The molecule has 4 nitrogen and oxygen atoms in total. The van der Waals surface area contributed by atoms with Crippen LogP contribution in [0.4, 0.5) is 0 Å². The van der Waals surface area contributed by atoms with E-state index in [9.17, 15) is 0 Å². The maximum Gasteiger partial charge on any atom is 0.143 e. The number of hydrogen-bond acceptors (Lipinski definition) is 3. The fraction of sp³-hybridized carbons (Fsp3) is 0.111. The molecule has 0 radical (unpaired) electrons. The molecule has 0 amide bonds. The standard InChI is InChI=1S/C27H23N3O/c1-20-16-26(18-29-31-19-25-11-7-6-10-24(25)17-28)21(2)30(20)27-14-12-23(13-15-27)22-8-4-3-5-9-22/h3-16,18H,19H2,1-2H3/b29-18+. The molecule has 1 aromatic heterocycles. The molecule has 31 heavy (non-hydrogen) atoms. The van der Waals surface area contributed by atoms with Gasteiger partial charge >= 0.3 is 0 Å².